The van der Waals surface area contributed by atoms with Crippen LogP contribution in [0, 0.1) is 10.8 Å². The molecule has 5 heteroatoms. The van der Waals surface area contributed by atoms with Crippen LogP contribution in [0.4, 0.5) is 0 Å². The van der Waals surface area contributed by atoms with Crippen molar-refractivity contribution in [3.8, 4) is 0 Å². The molecule has 2 N–H and O–H groups in total. The van der Waals surface area contributed by atoms with E-state index in [0.717, 1.165) is 19.4 Å². The predicted octanol–water partition coefficient (Wildman–Crippen LogP) is 4.88. The van der Waals surface area contributed by atoms with Crippen molar-refractivity contribution < 1.29 is 9.94 Å². The van der Waals surface area contributed by atoms with Gasteiger partial charge in [-0.15, -0.1) is 0 Å². The molecule has 0 heterocycles. The van der Waals surface area contributed by atoms with Crippen LogP contribution in [0.15, 0.2) is 0 Å². The van der Waals surface area contributed by atoms with Gasteiger partial charge in [-0.3, -0.25) is 10.2 Å². The predicted molar refractivity (Wildman–Crippen MR) is 117 cm³/mol. The zero-order valence-electron chi connectivity index (χ0n) is 19.2. The fraction of sp³-hybridized carbons (Fsp3) is 1.00. The summed E-state index contributed by atoms with van der Waals surface area (Å²) in [5, 5.41) is 15.7. The lowest BCUT2D eigenvalue weighted by atomic mass is 9.79. The van der Waals surface area contributed by atoms with E-state index in [1.807, 2.05) is 12.1 Å². The van der Waals surface area contributed by atoms with Crippen molar-refractivity contribution in [3.63, 3.8) is 0 Å². The highest BCUT2D eigenvalue weighted by Crippen LogP contribution is 2.35. The highest BCUT2D eigenvalue weighted by Gasteiger charge is 2.33. The summed E-state index contributed by atoms with van der Waals surface area (Å²) in [6, 6.07) is 0.343. The third-order valence-electron chi connectivity index (χ3n) is 4.50. The van der Waals surface area contributed by atoms with Crippen LogP contribution >= 0.6 is 12.6 Å². The lowest BCUT2D eigenvalue weighted by molar-refractivity contribution is -0.244. The van der Waals surface area contributed by atoms with Gasteiger partial charge in [0.15, 0.2) is 0 Å². The highest BCUT2D eigenvalue weighted by molar-refractivity contribution is 7.81. The summed E-state index contributed by atoms with van der Waals surface area (Å²) in [6.45, 7) is 22.3. The van der Waals surface area contributed by atoms with Gasteiger partial charge < -0.3 is 5.11 Å². The molecule has 26 heavy (non-hydrogen) atoms. The van der Waals surface area contributed by atoms with Crippen molar-refractivity contribution in [2.45, 2.75) is 111 Å². The number of aliphatic hydroxyl groups is 1. The van der Waals surface area contributed by atoms with Crippen LogP contribution in [0.1, 0.15) is 88.5 Å². The Labute approximate surface area is 168 Å². The number of nitrogens with one attached hydrogen (secondary N) is 1. The summed E-state index contributed by atoms with van der Waals surface area (Å²) in [4.78, 5) is 6.11. The Morgan fingerprint density at radius 1 is 0.962 bits per heavy atom. The summed E-state index contributed by atoms with van der Waals surface area (Å²) in [5.41, 5.74) is -0.218. The van der Waals surface area contributed by atoms with Crippen LogP contribution in [-0.2, 0) is 4.84 Å². The molecular formula is C21H46N2O2S. The second kappa shape index (κ2) is 9.60. The van der Waals surface area contributed by atoms with Gasteiger partial charge in [0.1, 0.15) is 6.23 Å². The molecule has 0 rings (SSSR count). The molecule has 0 saturated carbocycles. The van der Waals surface area contributed by atoms with E-state index >= 15 is 0 Å². The lowest BCUT2D eigenvalue weighted by Gasteiger charge is -2.39. The molecule has 0 saturated heterocycles. The van der Waals surface area contributed by atoms with Crippen LogP contribution in [0.2, 0.25) is 0 Å². The van der Waals surface area contributed by atoms with Gasteiger partial charge >= 0.3 is 0 Å². The first-order chi connectivity index (χ1) is 11.3. The van der Waals surface area contributed by atoms with Gasteiger partial charge in [0, 0.05) is 24.4 Å². The standard InChI is InChI=1S/C21H46N2O2S/c1-16(2)23(11)25-20(7,8)13-19(5,6)15-22-17(24)12-18(3,4)14-21(9,10)26/h16-17,22,24,26H,12-15H2,1-11H3. The van der Waals surface area contributed by atoms with Crippen molar-refractivity contribution in [2.24, 2.45) is 10.8 Å². The smallest absolute Gasteiger partial charge is 0.105 e. The molecule has 0 amide bonds. The number of hydroxylamine groups is 2. The summed E-state index contributed by atoms with van der Waals surface area (Å²) >= 11 is 4.64. The molecule has 0 aromatic heterocycles. The average molecular weight is 391 g/mol. The maximum atomic E-state index is 10.5. The van der Waals surface area contributed by atoms with Gasteiger partial charge in [0.05, 0.1) is 5.60 Å². The summed E-state index contributed by atoms with van der Waals surface area (Å²) < 4.78 is -0.0354. The normalized spacial score (nSPS) is 15.8. The van der Waals surface area contributed by atoms with E-state index in [9.17, 15) is 5.11 Å². The maximum Gasteiger partial charge on any atom is 0.105 e. The van der Waals surface area contributed by atoms with Gasteiger partial charge in [-0.05, 0) is 57.8 Å². The topological polar surface area (TPSA) is 44.7 Å². The maximum absolute atomic E-state index is 10.5. The number of hydrogen-bond donors (Lipinski definition) is 3. The van der Waals surface area contributed by atoms with E-state index in [1.54, 1.807) is 0 Å². The van der Waals surface area contributed by atoms with E-state index in [1.165, 1.54) is 0 Å². The Hall–Kier alpha value is 0.190. The van der Waals surface area contributed by atoms with Crippen LogP contribution in [0.3, 0.4) is 0 Å². The van der Waals surface area contributed by atoms with Crippen molar-refractivity contribution in [3.05, 3.63) is 0 Å². The lowest BCUT2D eigenvalue weighted by Crippen LogP contribution is -2.45. The third kappa shape index (κ3) is 12.6. The van der Waals surface area contributed by atoms with Crippen LogP contribution in [-0.4, -0.2) is 46.4 Å². The van der Waals surface area contributed by atoms with Crippen molar-refractivity contribution in [1.82, 2.24) is 10.4 Å². The molecule has 1 unspecified atom stereocenters. The molecule has 0 radical (unpaired) electrons. The van der Waals surface area contributed by atoms with Crippen molar-refractivity contribution in [1.29, 1.82) is 0 Å². The monoisotopic (exact) mass is 390 g/mol. The van der Waals surface area contributed by atoms with Gasteiger partial charge in [-0.25, -0.2) is 0 Å². The summed E-state index contributed by atoms with van der Waals surface area (Å²) in [5.74, 6) is 0. The van der Waals surface area contributed by atoms with Crippen molar-refractivity contribution in [2.75, 3.05) is 13.6 Å². The first-order valence-electron chi connectivity index (χ1n) is 9.90. The highest BCUT2D eigenvalue weighted by atomic mass is 32.1. The molecule has 0 fully saturated rings. The second-order valence-corrected chi connectivity index (χ2v) is 12.3. The molecule has 1 atom stereocenters. The number of nitrogens with zero attached hydrogens (tertiary/aromatic N) is 1. The quantitative estimate of drug-likeness (QED) is 0.252. The number of rotatable bonds is 12. The zero-order valence-corrected chi connectivity index (χ0v) is 20.1. The van der Waals surface area contributed by atoms with Gasteiger partial charge in [0.25, 0.3) is 0 Å². The van der Waals surface area contributed by atoms with Crippen molar-refractivity contribution >= 4 is 12.6 Å². The SMILES string of the molecule is CC(C)N(C)OC(C)(C)CC(C)(C)CNC(O)CC(C)(C)CC(C)(C)S. The fourth-order valence-corrected chi connectivity index (χ4v) is 4.40. The Balaban J connectivity index is 4.58. The Kier molecular flexibility index (Phi) is 9.67. The fourth-order valence-electron chi connectivity index (χ4n) is 3.98. The Bertz CT molecular complexity index is 415. The molecule has 0 aliphatic heterocycles. The molecule has 0 aromatic rings. The summed E-state index contributed by atoms with van der Waals surface area (Å²) in [7, 11) is 1.98. The Morgan fingerprint density at radius 2 is 1.46 bits per heavy atom. The minimum atomic E-state index is -0.512. The van der Waals surface area contributed by atoms with Gasteiger partial charge in [0.2, 0.25) is 0 Å². The van der Waals surface area contributed by atoms with E-state index in [0.29, 0.717) is 12.5 Å². The first-order valence-corrected chi connectivity index (χ1v) is 10.3. The minimum Gasteiger partial charge on any atom is -0.379 e. The van der Waals surface area contributed by atoms with Crippen LogP contribution in [0.25, 0.3) is 0 Å². The number of thiol groups is 1. The Morgan fingerprint density at radius 3 is 1.88 bits per heavy atom. The molecule has 0 aromatic carbocycles. The van der Waals surface area contributed by atoms with E-state index in [2.05, 4.69) is 87.2 Å². The molecule has 0 bridgehead atoms. The molecule has 0 spiro atoms. The van der Waals surface area contributed by atoms with Gasteiger partial charge in [-0.1, -0.05) is 41.5 Å². The molecule has 0 aliphatic rings. The first kappa shape index (κ1) is 26.2. The van der Waals surface area contributed by atoms with E-state index < -0.39 is 6.23 Å². The molecule has 0 aliphatic carbocycles. The van der Waals surface area contributed by atoms with Gasteiger partial charge in [-0.2, -0.15) is 17.7 Å². The van der Waals surface area contributed by atoms with E-state index in [-0.39, 0.29) is 21.2 Å². The summed E-state index contributed by atoms with van der Waals surface area (Å²) in [6.07, 6.45) is 2.04. The largest absolute Gasteiger partial charge is 0.379 e. The average Bonchev–Trinajstić information content (AvgIpc) is 2.30. The van der Waals surface area contributed by atoms with E-state index in [4.69, 9.17) is 4.84 Å². The third-order valence-corrected chi connectivity index (χ3v) is 4.65. The molecular weight excluding hydrogens is 344 g/mol. The number of hydrogen-bond acceptors (Lipinski definition) is 5. The second-order valence-electron chi connectivity index (χ2n) is 11.1. The zero-order chi connectivity index (χ0) is 21.0. The molecule has 4 nitrogen and oxygen atoms in total. The van der Waals surface area contributed by atoms with Crippen LogP contribution in [0.5, 0.6) is 0 Å². The number of aliphatic hydroxyl groups excluding tert-OH is 1. The minimum absolute atomic E-state index is 0.00919. The molecule has 158 valence electrons. The van der Waals surface area contributed by atoms with Crippen LogP contribution < -0.4 is 5.32 Å².